The Morgan fingerprint density at radius 2 is 1.82 bits per heavy atom. The summed E-state index contributed by atoms with van der Waals surface area (Å²) in [5.41, 5.74) is 0.809. The van der Waals surface area contributed by atoms with Gasteiger partial charge in [0.15, 0.2) is 12.4 Å². The molecular weight excluding hydrogens is 430 g/mol. The number of carbonyl (C=O) groups is 1. The second-order valence-electron chi connectivity index (χ2n) is 7.63. The molecule has 0 aromatic heterocycles. The van der Waals surface area contributed by atoms with Gasteiger partial charge in [-0.05, 0) is 43.7 Å². The molecule has 1 N–H and O–H groups in total. The van der Waals surface area contributed by atoms with Gasteiger partial charge in [-0.1, -0.05) is 12.1 Å². The van der Waals surface area contributed by atoms with Crippen LogP contribution in [-0.2, 0) is 4.79 Å². The van der Waals surface area contributed by atoms with Gasteiger partial charge in [0, 0.05) is 26.2 Å². The van der Waals surface area contributed by atoms with E-state index in [0.717, 1.165) is 57.0 Å². The molecule has 2 aromatic rings. The molecule has 0 atom stereocenters. The number of nitro groups is 1. The average molecular weight is 459 g/mol. The van der Waals surface area contributed by atoms with E-state index < -0.39 is 17.5 Å². The first-order valence-electron chi connectivity index (χ1n) is 10.8. The van der Waals surface area contributed by atoms with Crippen molar-refractivity contribution in [3.63, 3.8) is 0 Å². The van der Waals surface area contributed by atoms with E-state index in [1.807, 2.05) is 18.2 Å². The van der Waals surface area contributed by atoms with Gasteiger partial charge < -0.3 is 24.2 Å². The van der Waals surface area contributed by atoms with Crippen LogP contribution in [-0.4, -0.2) is 73.9 Å². The number of carboxylic acid groups (broad SMARTS) is 1. The molecule has 1 aliphatic rings. The van der Waals surface area contributed by atoms with Gasteiger partial charge in [-0.25, -0.2) is 4.79 Å². The highest BCUT2D eigenvalue weighted by atomic mass is 16.6. The number of methoxy groups -OCH3 is 1. The van der Waals surface area contributed by atoms with Crippen molar-refractivity contribution in [3.05, 3.63) is 52.6 Å². The number of unbranched alkanes of at least 4 members (excludes halogenated alkanes) is 1. The van der Waals surface area contributed by atoms with Crippen molar-refractivity contribution in [2.75, 3.05) is 57.9 Å². The lowest BCUT2D eigenvalue weighted by atomic mass is 10.2. The maximum atomic E-state index is 11.2. The Hall–Kier alpha value is -3.53. The molecule has 0 unspecified atom stereocenters. The minimum absolute atomic E-state index is 0.0954. The van der Waals surface area contributed by atoms with Gasteiger partial charge in [0.2, 0.25) is 0 Å². The second-order valence-corrected chi connectivity index (χ2v) is 7.63. The summed E-state index contributed by atoms with van der Waals surface area (Å²) in [6.45, 7) is 4.59. The van der Waals surface area contributed by atoms with E-state index in [2.05, 4.69) is 15.9 Å². The van der Waals surface area contributed by atoms with Crippen LogP contribution in [0.25, 0.3) is 0 Å². The van der Waals surface area contributed by atoms with Crippen molar-refractivity contribution in [3.8, 4) is 17.2 Å². The van der Waals surface area contributed by atoms with Crippen LogP contribution >= 0.6 is 0 Å². The number of rotatable bonds is 12. The van der Waals surface area contributed by atoms with Crippen LogP contribution in [0, 0.1) is 10.1 Å². The molecule has 10 nitrogen and oxygen atoms in total. The molecule has 1 aliphatic heterocycles. The SMILES string of the molecule is COc1ccccc1N1CCN(CCCCOc2ccc(OCC(=O)O)c([N+](=O)[O-])c2)CC1. The van der Waals surface area contributed by atoms with E-state index in [9.17, 15) is 14.9 Å². The van der Waals surface area contributed by atoms with Crippen LogP contribution in [0.4, 0.5) is 11.4 Å². The van der Waals surface area contributed by atoms with Gasteiger partial charge in [-0.3, -0.25) is 15.0 Å². The summed E-state index contributed by atoms with van der Waals surface area (Å²) in [6, 6.07) is 12.2. The molecule has 0 bridgehead atoms. The number of nitro benzene ring substituents is 1. The maximum absolute atomic E-state index is 11.2. The molecule has 33 heavy (non-hydrogen) atoms. The van der Waals surface area contributed by atoms with Crippen LogP contribution < -0.4 is 19.1 Å². The van der Waals surface area contributed by atoms with Crippen molar-refractivity contribution in [2.45, 2.75) is 12.8 Å². The second kappa shape index (κ2) is 11.9. The fourth-order valence-corrected chi connectivity index (χ4v) is 3.72. The maximum Gasteiger partial charge on any atom is 0.341 e. The Morgan fingerprint density at radius 3 is 2.52 bits per heavy atom. The molecule has 1 saturated heterocycles. The van der Waals surface area contributed by atoms with E-state index in [1.54, 1.807) is 13.2 Å². The molecular formula is C23H29N3O7. The van der Waals surface area contributed by atoms with Crippen LogP contribution in [0.3, 0.4) is 0 Å². The monoisotopic (exact) mass is 459 g/mol. The zero-order valence-electron chi connectivity index (χ0n) is 18.6. The number of benzene rings is 2. The Morgan fingerprint density at radius 1 is 1.06 bits per heavy atom. The molecule has 178 valence electrons. The Kier molecular flexibility index (Phi) is 8.71. The Bertz CT molecular complexity index is 945. The minimum Gasteiger partial charge on any atom is -0.495 e. The first kappa shape index (κ1) is 24.1. The largest absolute Gasteiger partial charge is 0.495 e. The highest BCUT2D eigenvalue weighted by Crippen LogP contribution is 2.31. The molecule has 10 heteroatoms. The topological polar surface area (TPSA) is 115 Å². The van der Waals surface area contributed by atoms with E-state index in [-0.39, 0.29) is 11.4 Å². The van der Waals surface area contributed by atoms with Crippen molar-refractivity contribution >= 4 is 17.3 Å². The predicted molar refractivity (Wildman–Crippen MR) is 123 cm³/mol. The van der Waals surface area contributed by atoms with Crippen molar-refractivity contribution in [1.82, 2.24) is 4.90 Å². The quantitative estimate of drug-likeness (QED) is 0.290. The van der Waals surface area contributed by atoms with Gasteiger partial charge in [0.1, 0.15) is 11.5 Å². The van der Waals surface area contributed by atoms with E-state index in [4.69, 9.17) is 19.3 Å². The Balaban J connectivity index is 1.38. The molecule has 0 amide bonds. The number of anilines is 1. The highest BCUT2D eigenvalue weighted by Gasteiger charge is 2.20. The number of nitrogens with zero attached hydrogens (tertiary/aromatic N) is 3. The molecule has 0 spiro atoms. The van der Waals surface area contributed by atoms with Crippen LogP contribution in [0.1, 0.15) is 12.8 Å². The lowest BCUT2D eigenvalue weighted by molar-refractivity contribution is -0.385. The van der Waals surface area contributed by atoms with Gasteiger partial charge in [0.25, 0.3) is 0 Å². The number of hydrogen-bond donors (Lipinski definition) is 1. The van der Waals surface area contributed by atoms with Gasteiger partial charge in [0.05, 0.1) is 30.4 Å². The molecule has 1 fully saturated rings. The van der Waals surface area contributed by atoms with Crippen molar-refractivity contribution in [1.29, 1.82) is 0 Å². The van der Waals surface area contributed by atoms with Crippen molar-refractivity contribution < 1.29 is 29.0 Å². The van der Waals surface area contributed by atoms with E-state index in [1.165, 1.54) is 12.1 Å². The Labute approximate surface area is 192 Å². The number of carboxylic acids is 1. The number of ether oxygens (including phenoxy) is 3. The van der Waals surface area contributed by atoms with Gasteiger partial charge in [-0.2, -0.15) is 0 Å². The first-order chi connectivity index (χ1) is 16.0. The minimum atomic E-state index is -1.20. The third-order valence-corrected chi connectivity index (χ3v) is 5.41. The number of aliphatic carboxylic acids is 1. The normalized spacial score (nSPS) is 14.0. The fraction of sp³-hybridized carbons (Fsp3) is 0.435. The lowest BCUT2D eigenvalue weighted by Crippen LogP contribution is -2.46. The molecule has 3 rings (SSSR count). The summed E-state index contributed by atoms with van der Waals surface area (Å²) in [5, 5.41) is 19.9. The summed E-state index contributed by atoms with van der Waals surface area (Å²) < 4.78 is 16.1. The summed E-state index contributed by atoms with van der Waals surface area (Å²) in [5.74, 6) is -0.0486. The highest BCUT2D eigenvalue weighted by molar-refractivity contribution is 5.69. The third-order valence-electron chi connectivity index (χ3n) is 5.41. The summed E-state index contributed by atoms with van der Waals surface area (Å²) in [6.07, 6.45) is 1.77. The van der Waals surface area contributed by atoms with Gasteiger partial charge in [-0.15, -0.1) is 0 Å². The zero-order valence-corrected chi connectivity index (χ0v) is 18.6. The molecule has 1 heterocycles. The third kappa shape index (κ3) is 6.98. The van der Waals surface area contributed by atoms with E-state index in [0.29, 0.717) is 12.4 Å². The summed E-state index contributed by atoms with van der Waals surface area (Å²) in [7, 11) is 1.69. The first-order valence-corrected chi connectivity index (χ1v) is 10.8. The molecule has 2 aromatic carbocycles. The van der Waals surface area contributed by atoms with Gasteiger partial charge >= 0.3 is 11.7 Å². The standard InChI is InChI=1S/C23H29N3O7/c1-31-21-7-3-2-6-19(21)25-13-11-24(12-14-25)10-4-5-15-32-18-8-9-22(33-17-23(27)28)20(16-18)26(29)30/h2-3,6-9,16H,4-5,10-15,17H2,1H3,(H,27,28). The number of para-hydroxylation sites is 2. The smallest absolute Gasteiger partial charge is 0.341 e. The van der Waals surface area contributed by atoms with Crippen LogP contribution in [0.15, 0.2) is 42.5 Å². The lowest BCUT2D eigenvalue weighted by Gasteiger charge is -2.36. The molecule has 0 saturated carbocycles. The van der Waals surface area contributed by atoms with Crippen LogP contribution in [0.5, 0.6) is 17.2 Å². The fourth-order valence-electron chi connectivity index (χ4n) is 3.72. The molecule has 0 aliphatic carbocycles. The van der Waals surface area contributed by atoms with E-state index >= 15 is 0 Å². The predicted octanol–water partition coefficient (Wildman–Crippen LogP) is 3.05. The number of hydrogen-bond acceptors (Lipinski definition) is 8. The molecule has 0 radical (unpaired) electrons. The van der Waals surface area contributed by atoms with Crippen molar-refractivity contribution in [2.24, 2.45) is 0 Å². The average Bonchev–Trinajstić information content (AvgIpc) is 2.83. The van der Waals surface area contributed by atoms with Crippen LogP contribution in [0.2, 0.25) is 0 Å². The zero-order chi connectivity index (χ0) is 23.6. The summed E-state index contributed by atoms with van der Waals surface area (Å²) in [4.78, 5) is 26.0. The number of piperazine rings is 1. The summed E-state index contributed by atoms with van der Waals surface area (Å²) >= 11 is 0.